The maximum absolute atomic E-state index is 5.50. The average Bonchev–Trinajstić information content (AvgIpc) is 2.33. The lowest BCUT2D eigenvalue weighted by atomic mass is 9.94. The molecule has 0 saturated heterocycles. The molecule has 10 heavy (non-hydrogen) atoms. The maximum Gasteiger partial charge on any atom is 0.189 e. The third kappa shape index (κ3) is 1.08. The van der Waals surface area contributed by atoms with Crippen LogP contribution in [0.5, 0.6) is 0 Å². The standard InChI is InChI=1S/C7H15N3/c1-3-7(4-2)5-9-6(8)10-7/h3-5H2,1-2H3,(H3,8,9,10). The lowest BCUT2D eigenvalue weighted by molar-refractivity contribution is 0.385. The van der Waals surface area contributed by atoms with Crippen molar-refractivity contribution < 1.29 is 0 Å². The number of hydrogen-bond acceptors (Lipinski definition) is 3. The second-order valence-electron chi connectivity index (χ2n) is 2.81. The summed E-state index contributed by atoms with van der Waals surface area (Å²) in [5.41, 5.74) is 5.67. The fourth-order valence-electron chi connectivity index (χ4n) is 1.24. The van der Waals surface area contributed by atoms with Gasteiger partial charge in [0.2, 0.25) is 0 Å². The Bertz CT molecular complexity index is 147. The van der Waals surface area contributed by atoms with E-state index in [1.807, 2.05) is 0 Å². The van der Waals surface area contributed by atoms with Crippen LogP contribution in [0.25, 0.3) is 0 Å². The van der Waals surface area contributed by atoms with Crippen molar-refractivity contribution in [2.75, 3.05) is 6.54 Å². The lowest BCUT2D eigenvalue weighted by Gasteiger charge is -2.25. The van der Waals surface area contributed by atoms with Gasteiger partial charge in [0.25, 0.3) is 0 Å². The highest BCUT2D eigenvalue weighted by atomic mass is 15.2. The summed E-state index contributed by atoms with van der Waals surface area (Å²) in [6.07, 6.45) is 2.18. The summed E-state index contributed by atoms with van der Waals surface area (Å²) in [7, 11) is 0. The van der Waals surface area contributed by atoms with E-state index in [4.69, 9.17) is 5.73 Å². The van der Waals surface area contributed by atoms with Crippen molar-refractivity contribution in [3.05, 3.63) is 0 Å². The van der Waals surface area contributed by atoms with Crippen LogP contribution in [-0.2, 0) is 0 Å². The zero-order chi connectivity index (χ0) is 7.61. The van der Waals surface area contributed by atoms with Crippen molar-refractivity contribution in [3.63, 3.8) is 0 Å². The molecule has 0 saturated carbocycles. The number of guanidine groups is 1. The number of aliphatic imine (C=N–C) groups is 1. The Kier molecular flexibility index (Phi) is 1.83. The zero-order valence-corrected chi connectivity index (χ0v) is 6.65. The Labute approximate surface area is 61.7 Å². The molecular weight excluding hydrogens is 126 g/mol. The van der Waals surface area contributed by atoms with Gasteiger partial charge in [0.1, 0.15) is 0 Å². The van der Waals surface area contributed by atoms with E-state index in [1.165, 1.54) is 0 Å². The Balaban J connectivity index is 2.57. The molecule has 3 heteroatoms. The molecule has 1 heterocycles. The number of nitrogens with zero attached hydrogens (tertiary/aromatic N) is 1. The predicted octanol–water partition coefficient (Wildman–Crippen LogP) is 0.463. The van der Waals surface area contributed by atoms with Gasteiger partial charge in [-0.05, 0) is 12.8 Å². The Morgan fingerprint density at radius 3 is 2.40 bits per heavy atom. The molecule has 0 aromatic heterocycles. The molecule has 0 aliphatic carbocycles. The van der Waals surface area contributed by atoms with E-state index in [0.717, 1.165) is 19.4 Å². The largest absolute Gasteiger partial charge is 0.370 e. The van der Waals surface area contributed by atoms with Crippen LogP contribution in [0.2, 0.25) is 0 Å². The second-order valence-corrected chi connectivity index (χ2v) is 2.81. The number of rotatable bonds is 2. The molecule has 58 valence electrons. The molecule has 0 radical (unpaired) electrons. The number of nitrogens with two attached hydrogens (primary N) is 1. The van der Waals surface area contributed by atoms with Gasteiger partial charge in [0.15, 0.2) is 5.96 Å². The second kappa shape index (κ2) is 2.48. The van der Waals surface area contributed by atoms with Gasteiger partial charge in [-0.2, -0.15) is 0 Å². The summed E-state index contributed by atoms with van der Waals surface area (Å²) in [6, 6.07) is 0. The molecule has 0 aromatic rings. The summed E-state index contributed by atoms with van der Waals surface area (Å²) < 4.78 is 0. The van der Waals surface area contributed by atoms with Crippen molar-refractivity contribution in [2.45, 2.75) is 32.2 Å². The Morgan fingerprint density at radius 2 is 2.20 bits per heavy atom. The monoisotopic (exact) mass is 141 g/mol. The SMILES string of the molecule is CCC1(CC)CN=C(N)N1. The summed E-state index contributed by atoms with van der Waals surface area (Å²) in [5.74, 6) is 0.601. The van der Waals surface area contributed by atoms with Crippen LogP contribution < -0.4 is 11.1 Å². The summed E-state index contributed by atoms with van der Waals surface area (Å²) >= 11 is 0. The van der Waals surface area contributed by atoms with Gasteiger partial charge in [-0.1, -0.05) is 13.8 Å². The van der Waals surface area contributed by atoms with Crippen molar-refractivity contribution in [3.8, 4) is 0 Å². The minimum atomic E-state index is 0.171. The third-order valence-corrected chi connectivity index (χ3v) is 2.30. The molecule has 0 amide bonds. The van der Waals surface area contributed by atoms with Crippen molar-refractivity contribution in [1.29, 1.82) is 0 Å². The normalized spacial score (nSPS) is 22.0. The molecule has 1 rings (SSSR count). The highest BCUT2D eigenvalue weighted by molar-refractivity contribution is 5.80. The first-order chi connectivity index (χ1) is 4.72. The van der Waals surface area contributed by atoms with E-state index in [0.29, 0.717) is 5.96 Å². The first-order valence-corrected chi connectivity index (χ1v) is 3.80. The smallest absolute Gasteiger partial charge is 0.189 e. The molecule has 3 nitrogen and oxygen atoms in total. The van der Waals surface area contributed by atoms with Crippen molar-refractivity contribution in [2.24, 2.45) is 10.7 Å². The van der Waals surface area contributed by atoms with Crippen LogP contribution in [0.4, 0.5) is 0 Å². The highest BCUT2D eigenvalue weighted by Crippen LogP contribution is 2.18. The molecular formula is C7H15N3. The Hall–Kier alpha value is -0.730. The van der Waals surface area contributed by atoms with Gasteiger partial charge < -0.3 is 11.1 Å². The maximum atomic E-state index is 5.50. The van der Waals surface area contributed by atoms with Gasteiger partial charge in [-0.15, -0.1) is 0 Å². The summed E-state index contributed by atoms with van der Waals surface area (Å²) in [6.45, 7) is 5.15. The molecule has 0 atom stereocenters. The molecule has 0 aromatic carbocycles. The van der Waals surface area contributed by atoms with Crippen LogP contribution in [0, 0.1) is 0 Å². The quantitative estimate of drug-likeness (QED) is 0.587. The topological polar surface area (TPSA) is 50.4 Å². The van der Waals surface area contributed by atoms with Gasteiger partial charge >= 0.3 is 0 Å². The van der Waals surface area contributed by atoms with Crippen LogP contribution in [0.15, 0.2) is 4.99 Å². The lowest BCUT2D eigenvalue weighted by Crippen LogP contribution is -2.46. The van der Waals surface area contributed by atoms with E-state index in [2.05, 4.69) is 24.2 Å². The molecule has 0 unspecified atom stereocenters. The first-order valence-electron chi connectivity index (χ1n) is 3.80. The van der Waals surface area contributed by atoms with Crippen LogP contribution >= 0.6 is 0 Å². The fourth-order valence-corrected chi connectivity index (χ4v) is 1.24. The van der Waals surface area contributed by atoms with E-state index in [-0.39, 0.29) is 5.54 Å². The first kappa shape index (κ1) is 7.38. The number of nitrogens with one attached hydrogen (secondary N) is 1. The average molecular weight is 141 g/mol. The Morgan fingerprint density at radius 1 is 1.60 bits per heavy atom. The minimum Gasteiger partial charge on any atom is -0.370 e. The van der Waals surface area contributed by atoms with Crippen molar-refractivity contribution >= 4 is 5.96 Å². The molecule has 1 aliphatic rings. The van der Waals surface area contributed by atoms with Gasteiger partial charge in [-0.3, -0.25) is 4.99 Å². The van der Waals surface area contributed by atoms with E-state index >= 15 is 0 Å². The molecule has 3 N–H and O–H groups in total. The predicted molar refractivity (Wildman–Crippen MR) is 42.9 cm³/mol. The highest BCUT2D eigenvalue weighted by Gasteiger charge is 2.30. The molecule has 0 fully saturated rings. The molecule has 0 bridgehead atoms. The van der Waals surface area contributed by atoms with Gasteiger partial charge in [0, 0.05) is 0 Å². The van der Waals surface area contributed by atoms with E-state index in [1.54, 1.807) is 0 Å². The zero-order valence-electron chi connectivity index (χ0n) is 6.65. The molecule has 0 spiro atoms. The number of hydrogen-bond donors (Lipinski definition) is 2. The van der Waals surface area contributed by atoms with Crippen LogP contribution in [-0.4, -0.2) is 18.0 Å². The summed E-state index contributed by atoms with van der Waals surface area (Å²) in [4.78, 5) is 4.11. The van der Waals surface area contributed by atoms with Gasteiger partial charge in [-0.25, -0.2) is 0 Å². The van der Waals surface area contributed by atoms with Gasteiger partial charge in [0.05, 0.1) is 12.1 Å². The van der Waals surface area contributed by atoms with E-state index < -0.39 is 0 Å². The summed E-state index contributed by atoms with van der Waals surface area (Å²) in [5, 5.41) is 3.19. The molecule has 1 aliphatic heterocycles. The van der Waals surface area contributed by atoms with Crippen LogP contribution in [0.3, 0.4) is 0 Å². The third-order valence-electron chi connectivity index (χ3n) is 2.30. The van der Waals surface area contributed by atoms with Crippen LogP contribution in [0.1, 0.15) is 26.7 Å². The van der Waals surface area contributed by atoms with Crippen molar-refractivity contribution in [1.82, 2.24) is 5.32 Å². The van der Waals surface area contributed by atoms with E-state index in [9.17, 15) is 0 Å². The fraction of sp³-hybridized carbons (Fsp3) is 0.857. The minimum absolute atomic E-state index is 0.171.